The van der Waals surface area contributed by atoms with Gasteiger partial charge in [0, 0.05) is 0 Å². The molecule has 0 aliphatic carbocycles. The highest BCUT2D eigenvalue weighted by Gasteiger charge is 2.12. The zero-order chi connectivity index (χ0) is 14.1. The fourth-order valence-corrected chi connectivity index (χ4v) is 2.46. The molecule has 0 atom stereocenters. The van der Waals surface area contributed by atoms with Crippen LogP contribution in [0.3, 0.4) is 0 Å². The van der Waals surface area contributed by atoms with Gasteiger partial charge < -0.3 is 4.74 Å². The summed E-state index contributed by atoms with van der Waals surface area (Å²) >= 11 is 1.54. The van der Waals surface area contributed by atoms with Gasteiger partial charge in [-0.25, -0.2) is 9.20 Å². The van der Waals surface area contributed by atoms with Crippen LogP contribution in [0.5, 0.6) is 0 Å². The van der Waals surface area contributed by atoms with Gasteiger partial charge in [-0.3, -0.25) is 9.59 Å². The van der Waals surface area contributed by atoms with Crippen molar-refractivity contribution < 1.29 is 9.53 Å². The maximum absolute atomic E-state index is 12.2. The summed E-state index contributed by atoms with van der Waals surface area (Å²) in [6.07, 6.45) is 1.40. The van der Waals surface area contributed by atoms with Crippen LogP contribution in [-0.4, -0.2) is 32.5 Å². The van der Waals surface area contributed by atoms with Crippen molar-refractivity contribution in [3.63, 3.8) is 0 Å². The van der Waals surface area contributed by atoms with E-state index in [1.807, 2.05) is 17.5 Å². The van der Waals surface area contributed by atoms with Crippen molar-refractivity contribution in [1.29, 1.82) is 0 Å². The molecule has 3 aromatic rings. The van der Waals surface area contributed by atoms with Gasteiger partial charge in [-0.05, 0) is 17.5 Å². The molecule has 0 aliphatic heterocycles. The average Bonchev–Trinajstić information content (AvgIpc) is 3.09. The third-order valence-electron chi connectivity index (χ3n) is 2.77. The van der Waals surface area contributed by atoms with Crippen LogP contribution < -0.4 is 5.56 Å². The molecule has 8 heteroatoms. The molecule has 0 radical (unpaired) electrons. The molecule has 102 valence electrons. The highest BCUT2D eigenvalue weighted by atomic mass is 32.1. The van der Waals surface area contributed by atoms with Gasteiger partial charge in [0.05, 0.1) is 12.0 Å². The second-order valence-electron chi connectivity index (χ2n) is 4.01. The molecule has 0 aromatic carbocycles. The zero-order valence-electron chi connectivity index (χ0n) is 10.5. The Bertz CT molecular complexity index is 819. The van der Waals surface area contributed by atoms with E-state index in [1.165, 1.54) is 29.3 Å². The molecule has 20 heavy (non-hydrogen) atoms. The lowest BCUT2D eigenvalue weighted by molar-refractivity contribution is -0.141. The number of hydrogen-bond acceptors (Lipinski definition) is 6. The average molecular weight is 290 g/mol. The predicted octanol–water partition coefficient (Wildman–Crippen LogP) is 0.792. The predicted molar refractivity (Wildman–Crippen MR) is 72.6 cm³/mol. The number of ether oxygens (including phenoxy) is 1. The van der Waals surface area contributed by atoms with E-state index in [9.17, 15) is 9.59 Å². The summed E-state index contributed by atoms with van der Waals surface area (Å²) < 4.78 is 6.99. The van der Waals surface area contributed by atoms with Gasteiger partial charge in [-0.2, -0.15) is 10.2 Å². The second-order valence-corrected chi connectivity index (χ2v) is 4.95. The van der Waals surface area contributed by atoms with Crippen molar-refractivity contribution >= 4 is 22.8 Å². The Labute approximate surface area is 117 Å². The van der Waals surface area contributed by atoms with E-state index >= 15 is 0 Å². The molecule has 3 rings (SSSR count). The lowest BCUT2D eigenvalue weighted by Crippen LogP contribution is -2.28. The third kappa shape index (κ3) is 2.10. The smallest absolute Gasteiger partial charge is 0.327 e. The lowest BCUT2D eigenvalue weighted by Gasteiger charge is -2.02. The lowest BCUT2D eigenvalue weighted by atomic mass is 10.3. The first-order valence-electron chi connectivity index (χ1n) is 5.75. The summed E-state index contributed by atoms with van der Waals surface area (Å²) in [4.78, 5) is 24.4. The zero-order valence-corrected chi connectivity index (χ0v) is 11.3. The van der Waals surface area contributed by atoms with E-state index in [0.717, 1.165) is 9.56 Å². The van der Waals surface area contributed by atoms with Crippen molar-refractivity contribution in [1.82, 2.24) is 19.4 Å². The van der Waals surface area contributed by atoms with Crippen LogP contribution in [0.4, 0.5) is 0 Å². The summed E-state index contributed by atoms with van der Waals surface area (Å²) in [5, 5.41) is 10.1. The largest absolute Gasteiger partial charge is 0.468 e. The third-order valence-corrected chi connectivity index (χ3v) is 3.66. The molecule has 0 bridgehead atoms. The molecular weight excluding hydrogens is 280 g/mol. The molecule has 0 saturated carbocycles. The molecule has 3 heterocycles. The first-order chi connectivity index (χ1) is 9.69. The number of aromatic nitrogens is 4. The van der Waals surface area contributed by atoms with Crippen molar-refractivity contribution in [2.45, 2.75) is 6.54 Å². The summed E-state index contributed by atoms with van der Waals surface area (Å²) in [6, 6.07) is 5.52. The number of fused-ring (bicyclic) bond motifs is 1. The van der Waals surface area contributed by atoms with Gasteiger partial charge in [0.15, 0.2) is 0 Å². The molecule has 0 amide bonds. The van der Waals surface area contributed by atoms with E-state index in [2.05, 4.69) is 14.9 Å². The molecule has 0 aliphatic rings. The number of carbonyl (C=O) groups is 1. The van der Waals surface area contributed by atoms with Gasteiger partial charge >= 0.3 is 5.97 Å². The van der Waals surface area contributed by atoms with Crippen LogP contribution in [0, 0.1) is 0 Å². The Morgan fingerprint density at radius 2 is 2.35 bits per heavy atom. The van der Waals surface area contributed by atoms with E-state index in [-0.39, 0.29) is 12.1 Å². The van der Waals surface area contributed by atoms with Crippen LogP contribution in [0.15, 0.2) is 34.7 Å². The highest BCUT2D eigenvalue weighted by Crippen LogP contribution is 2.23. The van der Waals surface area contributed by atoms with Crippen LogP contribution in [0.25, 0.3) is 16.1 Å². The van der Waals surface area contributed by atoms with Gasteiger partial charge in [0.2, 0.25) is 0 Å². The van der Waals surface area contributed by atoms with Crippen LogP contribution >= 0.6 is 11.3 Å². The fraction of sp³-hybridized carbons (Fsp3) is 0.167. The standard InChI is InChI=1S/C12H10N4O3S/c1-19-11(17)6-15-12(18)9-5-8(10-3-2-4-20-10)14-16(9)7-13-15/h2-5,7H,6H2,1H3. The maximum atomic E-state index is 12.2. The molecule has 0 saturated heterocycles. The SMILES string of the molecule is COC(=O)Cn1ncn2nc(-c3cccs3)cc2c1=O. The molecule has 7 nitrogen and oxygen atoms in total. The van der Waals surface area contributed by atoms with Crippen molar-refractivity contribution in [3.8, 4) is 10.6 Å². The van der Waals surface area contributed by atoms with Crippen molar-refractivity contribution in [2.75, 3.05) is 7.11 Å². The summed E-state index contributed by atoms with van der Waals surface area (Å²) in [7, 11) is 1.26. The maximum Gasteiger partial charge on any atom is 0.327 e. The van der Waals surface area contributed by atoms with Crippen molar-refractivity contribution in [3.05, 3.63) is 40.3 Å². The minimum absolute atomic E-state index is 0.217. The van der Waals surface area contributed by atoms with Crippen molar-refractivity contribution in [2.24, 2.45) is 0 Å². The summed E-state index contributed by atoms with van der Waals surface area (Å²) in [5.41, 5.74) is 0.690. The molecule has 0 fully saturated rings. The molecule has 3 aromatic heterocycles. The topological polar surface area (TPSA) is 78.5 Å². The van der Waals surface area contributed by atoms with E-state index in [4.69, 9.17) is 0 Å². The first-order valence-corrected chi connectivity index (χ1v) is 6.63. The highest BCUT2D eigenvalue weighted by molar-refractivity contribution is 7.13. The van der Waals surface area contributed by atoms with E-state index < -0.39 is 5.97 Å². The molecular formula is C12H10N4O3S. The van der Waals surface area contributed by atoms with Crippen LogP contribution in [0.1, 0.15) is 0 Å². The molecule has 0 unspecified atom stereocenters. The minimum atomic E-state index is -0.526. The number of carbonyl (C=O) groups excluding carboxylic acids is 1. The van der Waals surface area contributed by atoms with E-state index in [0.29, 0.717) is 11.2 Å². The molecule has 0 spiro atoms. The number of methoxy groups -OCH3 is 1. The Morgan fingerprint density at radius 1 is 1.50 bits per heavy atom. The van der Waals surface area contributed by atoms with Crippen LogP contribution in [0.2, 0.25) is 0 Å². The molecule has 0 N–H and O–H groups in total. The summed E-state index contributed by atoms with van der Waals surface area (Å²) in [5.74, 6) is -0.526. The first kappa shape index (κ1) is 12.5. The van der Waals surface area contributed by atoms with Gasteiger partial charge in [-0.15, -0.1) is 11.3 Å². The Morgan fingerprint density at radius 3 is 3.05 bits per heavy atom. The van der Waals surface area contributed by atoms with E-state index in [1.54, 1.807) is 6.07 Å². The number of thiophene rings is 1. The Kier molecular flexibility index (Phi) is 3.07. The quantitative estimate of drug-likeness (QED) is 0.666. The number of nitrogens with zero attached hydrogens (tertiary/aromatic N) is 4. The number of rotatable bonds is 3. The van der Waals surface area contributed by atoms with Crippen LogP contribution in [-0.2, 0) is 16.1 Å². The Balaban J connectivity index is 2.09. The number of esters is 1. The second kappa shape index (κ2) is 4.89. The summed E-state index contributed by atoms with van der Waals surface area (Å²) in [6.45, 7) is -0.217. The van der Waals surface area contributed by atoms with Gasteiger partial charge in [0.25, 0.3) is 5.56 Å². The van der Waals surface area contributed by atoms with Gasteiger partial charge in [-0.1, -0.05) is 6.07 Å². The fourth-order valence-electron chi connectivity index (χ4n) is 1.78. The van der Waals surface area contributed by atoms with Gasteiger partial charge in [0.1, 0.15) is 24.1 Å². The normalized spacial score (nSPS) is 10.8. The number of hydrogen-bond donors (Lipinski definition) is 0. The minimum Gasteiger partial charge on any atom is -0.468 e. The Hall–Kier alpha value is -2.48. The monoisotopic (exact) mass is 290 g/mol.